The summed E-state index contributed by atoms with van der Waals surface area (Å²) in [6.45, 7) is 0. The number of carboxylic acid groups (broad SMARTS) is 2. The van der Waals surface area contributed by atoms with Crippen LogP contribution in [0.4, 0.5) is 0 Å². The van der Waals surface area contributed by atoms with Crippen LogP contribution in [0, 0.1) is 0 Å². The van der Waals surface area contributed by atoms with Crippen LogP contribution in [0.25, 0.3) is 0 Å². The highest BCUT2D eigenvalue weighted by molar-refractivity contribution is 5.85. The summed E-state index contributed by atoms with van der Waals surface area (Å²) in [4.78, 5) is 20.2. The van der Waals surface area contributed by atoms with Crippen LogP contribution in [-0.4, -0.2) is 24.0 Å². The number of benzene rings is 2. The molecular weight excluding hydrogens is 548 g/mol. The SMILES string of the molecule is O=C([O-])c1ccccc1.O=C([O-])c1ccccc1.[NH3+]C1CCCCCCCCCCC1.[NH3+]C1CCCCCCCCCCC1. The van der Waals surface area contributed by atoms with E-state index in [-0.39, 0.29) is 11.1 Å². The average molecular weight is 611 g/mol. The molecule has 6 nitrogen and oxygen atoms in total. The molecule has 0 heterocycles. The number of rotatable bonds is 2. The predicted octanol–water partition coefficient (Wildman–Crippen LogP) is 5.90. The molecule has 0 bridgehead atoms. The van der Waals surface area contributed by atoms with E-state index < -0.39 is 11.9 Å². The van der Waals surface area contributed by atoms with Crippen LogP contribution in [-0.2, 0) is 0 Å². The molecule has 0 amide bonds. The topological polar surface area (TPSA) is 136 Å². The van der Waals surface area contributed by atoms with Gasteiger partial charge in [-0.3, -0.25) is 0 Å². The molecule has 2 aliphatic rings. The molecule has 0 atom stereocenters. The van der Waals surface area contributed by atoms with Gasteiger partial charge in [0, 0.05) is 0 Å². The Morgan fingerprint density at radius 1 is 0.409 bits per heavy atom. The van der Waals surface area contributed by atoms with Gasteiger partial charge in [0.25, 0.3) is 0 Å². The maximum atomic E-state index is 10.1. The fourth-order valence-corrected chi connectivity index (χ4v) is 5.64. The maximum Gasteiger partial charge on any atom is 0.0843 e. The van der Waals surface area contributed by atoms with Crippen molar-refractivity contribution in [1.82, 2.24) is 0 Å². The van der Waals surface area contributed by atoms with Gasteiger partial charge in [-0.25, -0.2) is 0 Å². The number of carboxylic acids is 2. The summed E-state index contributed by atoms with van der Waals surface area (Å²) in [5.41, 5.74) is 8.89. The largest absolute Gasteiger partial charge is 0.545 e. The van der Waals surface area contributed by atoms with Crippen molar-refractivity contribution >= 4 is 11.9 Å². The first-order chi connectivity index (χ1) is 21.4. The zero-order valence-electron chi connectivity index (χ0n) is 27.5. The van der Waals surface area contributed by atoms with E-state index in [2.05, 4.69) is 11.5 Å². The normalized spacial score (nSPS) is 18.2. The van der Waals surface area contributed by atoms with E-state index in [1.807, 2.05) is 0 Å². The standard InChI is InChI=1S/2C12H25N.2C7H6O2/c2*13-12-10-8-6-4-2-1-3-5-7-9-11-12;2*8-7(9)6-4-2-1-3-5-6/h2*12H,1-11,13H2;2*1-5H,(H,8,9). The molecule has 0 radical (unpaired) electrons. The first kappa shape index (κ1) is 39.3. The molecule has 2 aromatic carbocycles. The van der Waals surface area contributed by atoms with E-state index in [4.69, 9.17) is 0 Å². The Hall–Kier alpha value is -2.70. The molecule has 0 spiro atoms. The second kappa shape index (κ2) is 27.8. The minimum absolute atomic E-state index is 0.220. The van der Waals surface area contributed by atoms with Crippen molar-refractivity contribution in [2.24, 2.45) is 0 Å². The number of aromatic carboxylic acids is 2. The quantitative estimate of drug-likeness (QED) is 0.437. The molecule has 2 fully saturated rings. The highest BCUT2D eigenvalue weighted by Crippen LogP contribution is 2.16. The lowest BCUT2D eigenvalue weighted by Crippen LogP contribution is -2.60. The summed E-state index contributed by atoms with van der Waals surface area (Å²) in [5.74, 6) is -2.26. The van der Waals surface area contributed by atoms with E-state index in [1.165, 1.54) is 166 Å². The fourth-order valence-electron chi connectivity index (χ4n) is 5.64. The minimum atomic E-state index is -1.13. The fraction of sp³-hybridized carbons (Fsp3) is 0.632. The van der Waals surface area contributed by atoms with E-state index >= 15 is 0 Å². The van der Waals surface area contributed by atoms with Crippen LogP contribution >= 0.6 is 0 Å². The van der Waals surface area contributed by atoms with Crippen molar-refractivity contribution in [1.29, 1.82) is 0 Å². The summed E-state index contributed by atoms with van der Waals surface area (Å²) >= 11 is 0. The van der Waals surface area contributed by atoms with Gasteiger partial charge in [-0.1, -0.05) is 151 Å². The Kier molecular flexibility index (Phi) is 24.9. The second-order valence-electron chi connectivity index (χ2n) is 12.6. The molecule has 0 saturated heterocycles. The highest BCUT2D eigenvalue weighted by atomic mass is 16.4. The molecule has 6 heteroatoms. The van der Waals surface area contributed by atoms with Crippen LogP contribution in [0.5, 0.6) is 0 Å². The molecule has 2 aromatic rings. The van der Waals surface area contributed by atoms with Gasteiger partial charge in [0.2, 0.25) is 0 Å². The smallest absolute Gasteiger partial charge is 0.0843 e. The zero-order valence-corrected chi connectivity index (χ0v) is 27.5. The van der Waals surface area contributed by atoms with Gasteiger partial charge in [-0.15, -0.1) is 0 Å². The van der Waals surface area contributed by atoms with Crippen LogP contribution in [0.1, 0.15) is 162 Å². The summed E-state index contributed by atoms with van der Waals surface area (Å²) in [6.07, 6.45) is 31.7. The van der Waals surface area contributed by atoms with E-state index in [9.17, 15) is 19.8 Å². The molecule has 44 heavy (non-hydrogen) atoms. The van der Waals surface area contributed by atoms with Crippen molar-refractivity contribution in [2.45, 2.75) is 153 Å². The van der Waals surface area contributed by atoms with E-state index in [1.54, 1.807) is 36.4 Å². The molecule has 4 rings (SSSR count). The molecule has 0 aromatic heterocycles. The summed E-state index contributed by atoms with van der Waals surface area (Å²) in [5, 5.41) is 20.2. The molecule has 248 valence electrons. The first-order valence-electron chi connectivity index (χ1n) is 17.6. The molecule has 6 N–H and O–H groups in total. The molecule has 2 saturated carbocycles. The monoisotopic (exact) mass is 610 g/mol. The zero-order chi connectivity index (χ0) is 32.1. The Morgan fingerprint density at radius 3 is 0.795 bits per heavy atom. The van der Waals surface area contributed by atoms with Gasteiger partial charge >= 0.3 is 0 Å². The number of carbonyl (C=O) groups excluding carboxylic acids is 2. The van der Waals surface area contributed by atoms with Crippen molar-refractivity contribution in [2.75, 3.05) is 0 Å². The van der Waals surface area contributed by atoms with Crippen LogP contribution in [0.15, 0.2) is 60.7 Å². The summed E-state index contributed by atoms with van der Waals surface area (Å²) in [6, 6.07) is 17.6. The number of hydrogen-bond acceptors (Lipinski definition) is 4. The lowest BCUT2D eigenvalue weighted by atomic mass is 9.99. The van der Waals surface area contributed by atoms with Crippen molar-refractivity contribution in [3.63, 3.8) is 0 Å². The number of quaternary nitrogens is 2. The molecule has 0 aliphatic heterocycles. The minimum Gasteiger partial charge on any atom is -0.545 e. The van der Waals surface area contributed by atoms with Crippen LogP contribution in [0.3, 0.4) is 0 Å². The average Bonchev–Trinajstić information content (AvgIpc) is 3.02. The van der Waals surface area contributed by atoms with Gasteiger partial charge < -0.3 is 31.3 Å². The Labute approximate surface area is 268 Å². The van der Waals surface area contributed by atoms with Crippen LogP contribution in [0.2, 0.25) is 0 Å². The molecule has 2 aliphatic carbocycles. The third-order valence-corrected chi connectivity index (χ3v) is 8.47. The number of hydrogen-bond donors (Lipinski definition) is 2. The van der Waals surface area contributed by atoms with Crippen molar-refractivity contribution < 1.29 is 31.3 Å². The van der Waals surface area contributed by atoms with Gasteiger partial charge in [0.15, 0.2) is 0 Å². The first-order valence-corrected chi connectivity index (χ1v) is 17.6. The third kappa shape index (κ3) is 23.7. The second-order valence-corrected chi connectivity index (χ2v) is 12.6. The number of carbonyl (C=O) groups is 2. The Bertz CT molecular complexity index is 837. The van der Waals surface area contributed by atoms with Crippen LogP contribution < -0.4 is 21.7 Å². The van der Waals surface area contributed by atoms with E-state index in [0.717, 1.165) is 12.1 Å². The van der Waals surface area contributed by atoms with Gasteiger partial charge in [0.05, 0.1) is 24.0 Å². The Balaban J connectivity index is 0.000000298. The maximum absolute atomic E-state index is 10.1. The van der Waals surface area contributed by atoms with Crippen molar-refractivity contribution in [3.8, 4) is 0 Å². The predicted molar refractivity (Wildman–Crippen MR) is 176 cm³/mol. The molecular formula is C38H62N2O4. The van der Waals surface area contributed by atoms with Gasteiger partial charge in [-0.05, 0) is 62.5 Å². The van der Waals surface area contributed by atoms with Crippen molar-refractivity contribution in [3.05, 3.63) is 71.8 Å². The highest BCUT2D eigenvalue weighted by Gasteiger charge is 2.07. The lowest BCUT2D eigenvalue weighted by Gasteiger charge is -2.10. The Morgan fingerprint density at radius 2 is 0.614 bits per heavy atom. The third-order valence-electron chi connectivity index (χ3n) is 8.47. The lowest BCUT2D eigenvalue weighted by molar-refractivity contribution is -0.423. The van der Waals surface area contributed by atoms with Gasteiger partial charge in [-0.2, -0.15) is 0 Å². The van der Waals surface area contributed by atoms with Gasteiger partial charge in [0.1, 0.15) is 0 Å². The summed E-state index contributed by atoms with van der Waals surface area (Å²) in [7, 11) is 0. The summed E-state index contributed by atoms with van der Waals surface area (Å²) < 4.78 is 0. The van der Waals surface area contributed by atoms with E-state index in [0.29, 0.717) is 0 Å². The molecule has 0 unspecified atom stereocenters.